The SMILES string of the molecule is C[C@@H]1C[C@H]1C(=O)N1CCC(Cc2ccccc2-c2ccncc2)(C(=O)N(C)C)CC1. The highest BCUT2D eigenvalue weighted by Crippen LogP contribution is 2.43. The third-order valence-corrected chi connectivity index (χ3v) is 6.86. The molecule has 1 saturated carbocycles. The van der Waals surface area contributed by atoms with E-state index in [1.807, 2.05) is 43.3 Å². The Bertz CT molecular complexity index is 917. The van der Waals surface area contributed by atoms with Crippen LogP contribution in [0.5, 0.6) is 0 Å². The minimum atomic E-state index is -0.474. The van der Waals surface area contributed by atoms with Gasteiger partial charge in [0.25, 0.3) is 0 Å². The molecule has 1 aliphatic carbocycles. The van der Waals surface area contributed by atoms with Crippen molar-refractivity contribution in [1.29, 1.82) is 0 Å². The molecule has 30 heavy (non-hydrogen) atoms. The lowest BCUT2D eigenvalue weighted by atomic mass is 9.71. The maximum atomic E-state index is 13.4. The minimum absolute atomic E-state index is 0.166. The first-order chi connectivity index (χ1) is 14.4. The molecule has 0 spiro atoms. The molecule has 1 aromatic carbocycles. The molecule has 5 nitrogen and oxygen atoms in total. The van der Waals surface area contributed by atoms with Crippen LogP contribution in [0.3, 0.4) is 0 Å². The number of benzene rings is 1. The number of carbonyl (C=O) groups is 2. The third-order valence-electron chi connectivity index (χ3n) is 6.86. The van der Waals surface area contributed by atoms with E-state index in [4.69, 9.17) is 0 Å². The van der Waals surface area contributed by atoms with E-state index in [1.54, 1.807) is 17.3 Å². The van der Waals surface area contributed by atoms with Crippen LogP contribution in [0.15, 0.2) is 48.8 Å². The maximum Gasteiger partial charge on any atom is 0.228 e. The highest BCUT2D eigenvalue weighted by Gasteiger charge is 2.47. The monoisotopic (exact) mass is 405 g/mol. The zero-order valence-electron chi connectivity index (χ0n) is 18.2. The number of carbonyl (C=O) groups excluding carboxylic acids is 2. The van der Waals surface area contributed by atoms with Gasteiger partial charge in [-0.25, -0.2) is 0 Å². The van der Waals surface area contributed by atoms with Crippen LogP contribution in [0.4, 0.5) is 0 Å². The van der Waals surface area contributed by atoms with Crippen molar-refractivity contribution in [2.45, 2.75) is 32.6 Å². The van der Waals surface area contributed by atoms with Crippen molar-refractivity contribution in [1.82, 2.24) is 14.8 Å². The molecule has 0 N–H and O–H groups in total. The number of aromatic nitrogens is 1. The van der Waals surface area contributed by atoms with Crippen molar-refractivity contribution in [2.24, 2.45) is 17.3 Å². The first-order valence-corrected chi connectivity index (χ1v) is 10.9. The Labute approximate surface area is 179 Å². The van der Waals surface area contributed by atoms with Crippen molar-refractivity contribution in [3.63, 3.8) is 0 Å². The Balaban J connectivity index is 1.59. The average molecular weight is 406 g/mol. The number of piperidine rings is 1. The van der Waals surface area contributed by atoms with E-state index in [1.165, 1.54) is 5.56 Å². The Kier molecular flexibility index (Phi) is 5.63. The molecule has 1 saturated heterocycles. The molecule has 2 amide bonds. The number of hydrogen-bond donors (Lipinski definition) is 0. The van der Waals surface area contributed by atoms with Gasteiger partial charge in [0, 0.05) is 45.5 Å². The van der Waals surface area contributed by atoms with E-state index in [2.05, 4.69) is 24.0 Å². The summed E-state index contributed by atoms with van der Waals surface area (Å²) in [5, 5.41) is 0. The smallest absolute Gasteiger partial charge is 0.228 e. The van der Waals surface area contributed by atoms with Gasteiger partial charge >= 0.3 is 0 Å². The van der Waals surface area contributed by atoms with Crippen molar-refractivity contribution in [3.05, 3.63) is 54.4 Å². The van der Waals surface area contributed by atoms with Gasteiger partial charge in [0.05, 0.1) is 5.41 Å². The fourth-order valence-electron chi connectivity index (χ4n) is 4.85. The number of rotatable bonds is 5. The summed E-state index contributed by atoms with van der Waals surface area (Å²) < 4.78 is 0. The lowest BCUT2D eigenvalue weighted by molar-refractivity contribution is -0.146. The Morgan fingerprint density at radius 2 is 1.73 bits per heavy atom. The topological polar surface area (TPSA) is 53.5 Å². The number of nitrogens with zero attached hydrogens (tertiary/aromatic N) is 3. The van der Waals surface area contributed by atoms with Crippen LogP contribution in [0, 0.1) is 17.3 Å². The number of pyridine rings is 1. The molecule has 2 aliphatic rings. The predicted octanol–water partition coefficient (Wildman–Crippen LogP) is 3.64. The van der Waals surface area contributed by atoms with E-state index in [0.717, 1.165) is 17.5 Å². The van der Waals surface area contributed by atoms with Crippen molar-refractivity contribution >= 4 is 11.8 Å². The molecular weight excluding hydrogens is 374 g/mol. The normalized spacial score (nSPS) is 22.4. The molecule has 2 heterocycles. The van der Waals surface area contributed by atoms with E-state index < -0.39 is 5.41 Å². The number of hydrogen-bond acceptors (Lipinski definition) is 3. The van der Waals surface area contributed by atoms with Gasteiger partial charge in [-0.05, 0) is 60.4 Å². The largest absolute Gasteiger partial charge is 0.348 e. The minimum Gasteiger partial charge on any atom is -0.348 e. The highest BCUT2D eigenvalue weighted by molar-refractivity contribution is 5.85. The van der Waals surface area contributed by atoms with Crippen molar-refractivity contribution in [2.75, 3.05) is 27.2 Å². The molecule has 0 bridgehead atoms. The van der Waals surface area contributed by atoms with Crippen LogP contribution in [0.25, 0.3) is 11.1 Å². The first-order valence-electron chi connectivity index (χ1n) is 10.9. The molecule has 2 atom stereocenters. The Hall–Kier alpha value is -2.69. The van der Waals surface area contributed by atoms with Crippen LogP contribution in [0.2, 0.25) is 0 Å². The van der Waals surface area contributed by atoms with Gasteiger partial charge < -0.3 is 9.80 Å². The van der Waals surface area contributed by atoms with Gasteiger partial charge in [-0.1, -0.05) is 31.2 Å². The summed E-state index contributed by atoms with van der Waals surface area (Å²) in [4.78, 5) is 33.9. The molecule has 4 rings (SSSR count). The summed E-state index contributed by atoms with van der Waals surface area (Å²) >= 11 is 0. The molecule has 158 valence electrons. The molecule has 2 fully saturated rings. The summed E-state index contributed by atoms with van der Waals surface area (Å²) in [5.74, 6) is 1.17. The second-order valence-electron chi connectivity index (χ2n) is 9.19. The Morgan fingerprint density at radius 1 is 1.10 bits per heavy atom. The lowest BCUT2D eigenvalue weighted by Gasteiger charge is -2.42. The summed E-state index contributed by atoms with van der Waals surface area (Å²) in [6.07, 6.45) is 6.72. The number of likely N-dealkylation sites (tertiary alicyclic amines) is 1. The van der Waals surface area contributed by atoms with Crippen molar-refractivity contribution in [3.8, 4) is 11.1 Å². The molecular formula is C25H31N3O2. The number of amides is 2. The summed E-state index contributed by atoms with van der Waals surface area (Å²) in [7, 11) is 3.67. The van der Waals surface area contributed by atoms with E-state index in [9.17, 15) is 9.59 Å². The van der Waals surface area contributed by atoms with E-state index >= 15 is 0 Å². The summed E-state index contributed by atoms with van der Waals surface area (Å²) in [6, 6.07) is 12.4. The zero-order valence-corrected chi connectivity index (χ0v) is 18.2. The van der Waals surface area contributed by atoms with E-state index in [-0.39, 0.29) is 17.7 Å². The molecule has 0 radical (unpaired) electrons. The molecule has 5 heteroatoms. The predicted molar refractivity (Wildman–Crippen MR) is 118 cm³/mol. The lowest BCUT2D eigenvalue weighted by Crippen LogP contribution is -2.51. The quantitative estimate of drug-likeness (QED) is 0.763. The Morgan fingerprint density at radius 3 is 2.33 bits per heavy atom. The molecule has 1 aliphatic heterocycles. The average Bonchev–Trinajstić information content (AvgIpc) is 3.50. The third kappa shape index (κ3) is 3.98. The van der Waals surface area contributed by atoms with Crippen LogP contribution in [0.1, 0.15) is 31.7 Å². The fraction of sp³-hybridized carbons (Fsp3) is 0.480. The van der Waals surface area contributed by atoms with E-state index in [0.29, 0.717) is 38.3 Å². The van der Waals surface area contributed by atoms with Gasteiger partial charge in [0.15, 0.2) is 0 Å². The van der Waals surface area contributed by atoms with Crippen LogP contribution in [-0.4, -0.2) is 53.8 Å². The van der Waals surface area contributed by atoms with Gasteiger partial charge in [0.2, 0.25) is 11.8 Å². The fourth-order valence-corrected chi connectivity index (χ4v) is 4.85. The van der Waals surface area contributed by atoms with Crippen molar-refractivity contribution < 1.29 is 9.59 Å². The maximum absolute atomic E-state index is 13.4. The highest BCUT2D eigenvalue weighted by atomic mass is 16.2. The van der Waals surface area contributed by atoms with Gasteiger partial charge in [0.1, 0.15) is 0 Å². The van der Waals surface area contributed by atoms with Crippen LogP contribution < -0.4 is 0 Å². The second kappa shape index (κ2) is 8.21. The van der Waals surface area contributed by atoms with Crippen LogP contribution in [-0.2, 0) is 16.0 Å². The van der Waals surface area contributed by atoms with Gasteiger partial charge in [-0.15, -0.1) is 0 Å². The molecule has 1 aromatic heterocycles. The van der Waals surface area contributed by atoms with Gasteiger partial charge in [-0.2, -0.15) is 0 Å². The molecule has 2 aromatic rings. The zero-order chi connectivity index (χ0) is 21.3. The standard InChI is InChI=1S/C25H31N3O2/c1-18-16-22(18)23(29)28-14-10-25(11-15-28,24(30)27(2)3)17-20-6-4-5-7-21(20)19-8-12-26-13-9-19/h4-9,12-13,18,22H,10-11,14-17H2,1-3H3/t18-,22-/m1/s1. The van der Waals surface area contributed by atoms with Crippen LogP contribution >= 0.6 is 0 Å². The summed E-state index contributed by atoms with van der Waals surface area (Å²) in [6.45, 7) is 3.47. The molecule has 0 unspecified atom stereocenters. The first kappa shape index (κ1) is 20.6. The van der Waals surface area contributed by atoms with Gasteiger partial charge in [-0.3, -0.25) is 14.6 Å². The second-order valence-corrected chi connectivity index (χ2v) is 9.19. The summed E-state index contributed by atoms with van der Waals surface area (Å²) in [5.41, 5.74) is 2.97.